The number of alkyl carbamates (subject to hydrolysis) is 2. The molecular weight excluding hydrogens is 328 g/mol. The summed E-state index contributed by atoms with van der Waals surface area (Å²) in [5.74, 6) is -0.276. The Balaban J connectivity index is 3.88. The van der Waals surface area contributed by atoms with Gasteiger partial charge in [-0.3, -0.25) is 0 Å². The monoisotopic (exact) mass is 358 g/mol. The molecule has 0 radical (unpaired) electrons. The summed E-state index contributed by atoms with van der Waals surface area (Å²) in [6.45, 7) is 10.5. The van der Waals surface area contributed by atoms with Crippen LogP contribution in [-0.2, 0) is 19.0 Å². The van der Waals surface area contributed by atoms with E-state index in [4.69, 9.17) is 9.47 Å². The number of hydrogen-bond donors (Lipinski definition) is 2. The standard InChI is InChI=1S/C17H30N2O6/c1-6-14(20)24-9-10-25-16(22)18-8-7-17(3,4)11-13(2)12-19-15(21)23-5/h6,13H,1,7-12H2,2-5H3,(H,18,22)(H,19,21). The van der Waals surface area contributed by atoms with E-state index in [9.17, 15) is 14.4 Å². The molecule has 2 amide bonds. The van der Waals surface area contributed by atoms with Crippen molar-refractivity contribution in [3.05, 3.63) is 12.7 Å². The van der Waals surface area contributed by atoms with Crippen LogP contribution in [0.25, 0.3) is 0 Å². The van der Waals surface area contributed by atoms with Gasteiger partial charge in [0.25, 0.3) is 0 Å². The number of carbonyl (C=O) groups is 3. The van der Waals surface area contributed by atoms with Crippen LogP contribution in [0.1, 0.15) is 33.6 Å². The Morgan fingerprint density at radius 2 is 1.76 bits per heavy atom. The molecule has 0 aliphatic heterocycles. The number of esters is 1. The van der Waals surface area contributed by atoms with Crippen molar-refractivity contribution in [2.75, 3.05) is 33.4 Å². The molecule has 8 heteroatoms. The fourth-order valence-corrected chi connectivity index (χ4v) is 2.34. The Kier molecular flexibility index (Phi) is 11.1. The Labute approximate surface area is 149 Å². The fourth-order valence-electron chi connectivity index (χ4n) is 2.34. The Hall–Kier alpha value is -2.25. The van der Waals surface area contributed by atoms with Crippen molar-refractivity contribution in [2.24, 2.45) is 11.3 Å². The first-order chi connectivity index (χ1) is 11.7. The summed E-state index contributed by atoms with van der Waals surface area (Å²) in [6.07, 6.45) is 1.70. The Morgan fingerprint density at radius 1 is 1.12 bits per heavy atom. The number of amides is 2. The Bertz CT molecular complexity index is 450. The van der Waals surface area contributed by atoms with Crippen LogP contribution in [0.2, 0.25) is 0 Å². The van der Waals surface area contributed by atoms with E-state index in [1.807, 2.05) is 6.92 Å². The van der Waals surface area contributed by atoms with Crippen LogP contribution in [0.4, 0.5) is 9.59 Å². The normalized spacial score (nSPS) is 11.8. The quantitative estimate of drug-likeness (QED) is 0.254. The molecule has 0 saturated heterocycles. The van der Waals surface area contributed by atoms with Crippen molar-refractivity contribution >= 4 is 18.2 Å². The zero-order valence-electron chi connectivity index (χ0n) is 15.6. The molecule has 0 aromatic carbocycles. The molecule has 0 saturated carbocycles. The molecule has 2 N–H and O–H groups in total. The minimum absolute atomic E-state index is 0.00548. The number of ether oxygens (including phenoxy) is 3. The number of carbonyl (C=O) groups excluding carboxylic acids is 3. The highest BCUT2D eigenvalue weighted by molar-refractivity contribution is 5.81. The van der Waals surface area contributed by atoms with Crippen LogP contribution in [-0.4, -0.2) is 51.6 Å². The molecule has 8 nitrogen and oxygen atoms in total. The number of methoxy groups -OCH3 is 1. The van der Waals surface area contributed by atoms with E-state index in [1.165, 1.54) is 7.11 Å². The highest BCUT2D eigenvalue weighted by Gasteiger charge is 2.21. The van der Waals surface area contributed by atoms with Gasteiger partial charge in [-0.15, -0.1) is 0 Å². The molecule has 0 aliphatic rings. The minimum atomic E-state index is -0.554. The van der Waals surface area contributed by atoms with Crippen LogP contribution in [0.15, 0.2) is 12.7 Å². The summed E-state index contributed by atoms with van der Waals surface area (Å²) >= 11 is 0. The van der Waals surface area contributed by atoms with E-state index in [0.717, 1.165) is 18.9 Å². The average molecular weight is 358 g/mol. The zero-order chi connectivity index (χ0) is 19.3. The SMILES string of the molecule is C=CC(=O)OCCOC(=O)NCCC(C)(C)CC(C)CNC(=O)OC. The topological polar surface area (TPSA) is 103 Å². The van der Waals surface area contributed by atoms with Crippen LogP contribution in [0, 0.1) is 11.3 Å². The third-order valence-corrected chi connectivity index (χ3v) is 3.48. The number of hydrogen-bond acceptors (Lipinski definition) is 6. The first kappa shape index (κ1) is 22.8. The molecule has 0 aromatic rings. The highest BCUT2D eigenvalue weighted by atomic mass is 16.6. The maximum Gasteiger partial charge on any atom is 0.407 e. The molecule has 144 valence electrons. The predicted molar refractivity (Wildman–Crippen MR) is 93.1 cm³/mol. The van der Waals surface area contributed by atoms with Crippen molar-refractivity contribution in [1.29, 1.82) is 0 Å². The molecule has 0 heterocycles. The molecule has 0 rings (SSSR count). The molecule has 0 aliphatic carbocycles. The van der Waals surface area contributed by atoms with Crippen molar-refractivity contribution in [2.45, 2.75) is 33.6 Å². The van der Waals surface area contributed by atoms with E-state index in [1.54, 1.807) is 0 Å². The van der Waals surface area contributed by atoms with Gasteiger partial charge in [0.15, 0.2) is 0 Å². The van der Waals surface area contributed by atoms with Crippen molar-refractivity contribution in [1.82, 2.24) is 10.6 Å². The van der Waals surface area contributed by atoms with Gasteiger partial charge in [-0.1, -0.05) is 27.4 Å². The lowest BCUT2D eigenvalue weighted by molar-refractivity contribution is -0.138. The van der Waals surface area contributed by atoms with Gasteiger partial charge >= 0.3 is 18.2 Å². The summed E-state index contributed by atoms with van der Waals surface area (Å²) in [5.41, 5.74) is -0.00993. The smallest absolute Gasteiger partial charge is 0.407 e. The van der Waals surface area contributed by atoms with Crippen molar-refractivity contribution in [3.8, 4) is 0 Å². The van der Waals surface area contributed by atoms with E-state index in [2.05, 4.69) is 35.8 Å². The third kappa shape index (κ3) is 12.8. The van der Waals surface area contributed by atoms with Gasteiger partial charge in [0.1, 0.15) is 13.2 Å². The van der Waals surface area contributed by atoms with Gasteiger partial charge in [-0.05, 0) is 24.2 Å². The lowest BCUT2D eigenvalue weighted by Gasteiger charge is -2.28. The summed E-state index contributed by atoms with van der Waals surface area (Å²) < 4.78 is 14.1. The van der Waals surface area contributed by atoms with Crippen LogP contribution >= 0.6 is 0 Å². The van der Waals surface area contributed by atoms with Crippen LogP contribution < -0.4 is 10.6 Å². The van der Waals surface area contributed by atoms with Gasteiger partial charge in [0.05, 0.1) is 7.11 Å². The van der Waals surface area contributed by atoms with Gasteiger partial charge in [-0.25, -0.2) is 14.4 Å². The third-order valence-electron chi connectivity index (χ3n) is 3.48. The fraction of sp³-hybridized carbons (Fsp3) is 0.706. The first-order valence-corrected chi connectivity index (χ1v) is 8.22. The maximum absolute atomic E-state index is 11.5. The number of rotatable bonds is 11. The maximum atomic E-state index is 11.5. The lowest BCUT2D eigenvalue weighted by atomic mass is 9.80. The van der Waals surface area contributed by atoms with Gasteiger partial charge < -0.3 is 24.8 Å². The summed E-state index contributed by atoms with van der Waals surface area (Å²) in [4.78, 5) is 33.4. The largest absolute Gasteiger partial charge is 0.459 e. The molecule has 0 bridgehead atoms. The van der Waals surface area contributed by atoms with Gasteiger partial charge in [0.2, 0.25) is 0 Å². The molecule has 0 spiro atoms. The lowest BCUT2D eigenvalue weighted by Crippen LogP contribution is -2.32. The second-order valence-corrected chi connectivity index (χ2v) is 6.53. The summed E-state index contributed by atoms with van der Waals surface area (Å²) in [5, 5.41) is 5.34. The minimum Gasteiger partial charge on any atom is -0.459 e. The van der Waals surface area contributed by atoms with Gasteiger partial charge in [0, 0.05) is 19.2 Å². The zero-order valence-corrected chi connectivity index (χ0v) is 15.6. The molecule has 1 atom stereocenters. The summed E-state index contributed by atoms with van der Waals surface area (Å²) in [7, 11) is 1.33. The first-order valence-electron chi connectivity index (χ1n) is 8.22. The van der Waals surface area contributed by atoms with E-state index >= 15 is 0 Å². The van der Waals surface area contributed by atoms with E-state index in [-0.39, 0.29) is 24.5 Å². The van der Waals surface area contributed by atoms with Crippen molar-refractivity contribution in [3.63, 3.8) is 0 Å². The highest BCUT2D eigenvalue weighted by Crippen LogP contribution is 2.28. The molecule has 0 fully saturated rings. The molecule has 25 heavy (non-hydrogen) atoms. The van der Waals surface area contributed by atoms with Gasteiger partial charge in [-0.2, -0.15) is 0 Å². The average Bonchev–Trinajstić information content (AvgIpc) is 2.55. The molecule has 0 aromatic heterocycles. The second-order valence-electron chi connectivity index (χ2n) is 6.53. The van der Waals surface area contributed by atoms with Crippen LogP contribution in [0.3, 0.4) is 0 Å². The number of nitrogens with one attached hydrogen (secondary N) is 2. The van der Waals surface area contributed by atoms with Crippen LogP contribution in [0.5, 0.6) is 0 Å². The second kappa shape index (κ2) is 12.2. The predicted octanol–water partition coefficient (Wildman–Crippen LogP) is 2.24. The molecule has 1 unspecified atom stereocenters. The Morgan fingerprint density at radius 3 is 2.36 bits per heavy atom. The van der Waals surface area contributed by atoms with Crippen molar-refractivity contribution < 1.29 is 28.6 Å². The van der Waals surface area contributed by atoms with E-state index < -0.39 is 18.2 Å². The molecular formula is C17H30N2O6. The van der Waals surface area contributed by atoms with E-state index in [0.29, 0.717) is 13.1 Å². The summed E-state index contributed by atoms with van der Waals surface area (Å²) in [6, 6.07) is 0.